The number of benzene rings is 1. The zero-order valence-corrected chi connectivity index (χ0v) is 14.3. The monoisotopic (exact) mass is 363 g/mol. The summed E-state index contributed by atoms with van der Waals surface area (Å²) in [5.74, 6) is -1.24. The first-order valence-electron chi connectivity index (χ1n) is 8.10. The molecule has 6 nitrogen and oxygen atoms in total. The smallest absolute Gasteiger partial charge is 0.326 e. The quantitative estimate of drug-likeness (QED) is 0.335. The fourth-order valence-electron chi connectivity index (χ4n) is 3.05. The van der Waals surface area contributed by atoms with Crippen molar-refractivity contribution in [3.05, 3.63) is 41.4 Å². The Labute approximate surface area is 150 Å². The first-order chi connectivity index (χ1) is 12.1. The molecule has 0 spiro atoms. The van der Waals surface area contributed by atoms with Crippen LogP contribution in [0.5, 0.6) is 5.75 Å². The van der Waals surface area contributed by atoms with E-state index < -0.39 is 5.97 Å². The van der Waals surface area contributed by atoms with Crippen LogP contribution in [0.25, 0.3) is 0 Å². The lowest BCUT2D eigenvalue weighted by Crippen LogP contribution is -2.37. The normalized spacial score (nSPS) is 22.0. The number of allylic oxidation sites excluding steroid dienone is 2. The van der Waals surface area contributed by atoms with Crippen molar-refractivity contribution in [2.24, 2.45) is 11.8 Å². The van der Waals surface area contributed by atoms with Crippen LogP contribution < -0.4 is 4.74 Å². The van der Waals surface area contributed by atoms with Gasteiger partial charge >= 0.3 is 5.97 Å². The van der Waals surface area contributed by atoms with Gasteiger partial charge in [-0.05, 0) is 37.1 Å². The van der Waals surface area contributed by atoms with E-state index in [1.807, 2.05) is 12.2 Å². The second kappa shape index (κ2) is 7.70. The predicted molar refractivity (Wildman–Crippen MR) is 90.0 cm³/mol. The molecule has 1 fully saturated rings. The number of likely N-dealkylation sites (tertiary alicyclic amines) is 1. The third-order valence-electron chi connectivity index (χ3n) is 4.31. The largest absolute Gasteiger partial charge is 0.490 e. The van der Waals surface area contributed by atoms with Crippen LogP contribution in [0, 0.1) is 11.8 Å². The molecule has 2 unspecified atom stereocenters. The van der Waals surface area contributed by atoms with E-state index in [1.165, 1.54) is 0 Å². The minimum Gasteiger partial charge on any atom is -0.490 e. The second-order valence-corrected chi connectivity index (χ2v) is 6.38. The molecule has 1 aliphatic carbocycles. The van der Waals surface area contributed by atoms with Crippen molar-refractivity contribution in [1.82, 2.24) is 4.90 Å². The first-order valence-corrected chi connectivity index (χ1v) is 8.48. The van der Waals surface area contributed by atoms with E-state index in [1.54, 1.807) is 24.3 Å². The van der Waals surface area contributed by atoms with Gasteiger partial charge in [-0.25, -0.2) is 0 Å². The summed E-state index contributed by atoms with van der Waals surface area (Å²) in [6.07, 6.45) is 4.91. The third-order valence-corrected chi connectivity index (χ3v) is 4.57. The van der Waals surface area contributed by atoms with Crippen LogP contribution in [0.2, 0.25) is 5.02 Å². The predicted octanol–water partition coefficient (Wildman–Crippen LogP) is 2.21. The lowest BCUT2D eigenvalue weighted by molar-refractivity contribution is -0.153. The van der Waals surface area contributed by atoms with Crippen molar-refractivity contribution < 1.29 is 23.9 Å². The van der Waals surface area contributed by atoms with Crippen molar-refractivity contribution in [2.75, 3.05) is 19.8 Å². The Morgan fingerprint density at radius 1 is 1.04 bits per heavy atom. The van der Waals surface area contributed by atoms with Crippen LogP contribution in [-0.2, 0) is 19.1 Å². The topological polar surface area (TPSA) is 72.9 Å². The Morgan fingerprint density at radius 2 is 1.64 bits per heavy atom. The number of carbonyl (C=O) groups excluding carboxylic acids is 3. The van der Waals surface area contributed by atoms with Gasteiger partial charge in [0.05, 0.1) is 11.8 Å². The second-order valence-electron chi connectivity index (χ2n) is 5.94. The van der Waals surface area contributed by atoms with Crippen LogP contribution in [0.1, 0.15) is 12.8 Å². The number of amides is 2. The number of fused-ring (bicyclic) bond motifs is 1. The van der Waals surface area contributed by atoms with Gasteiger partial charge < -0.3 is 9.47 Å². The summed E-state index contributed by atoms with van der Waals surface area (Å²) in [5.41, 5.74) is 0. The minimum atomic E-state index is -0.618. The molecular formula is C18H18ClNO5. The molecule has 2 amide bonds. The number of hydrogen-bond acceptors (Lipinski definition) is 5. The average Bonchev–Trinajstić information content (AvgIpc) is 2.86. The van der Waals surface area contributed by atoms with Gasteiger partial charge in [-0.3, -0.25) is 19.3 Å². The zero-order chi connectivity index (χ0) is 17.8. The van der Waals surface area contributed by atoms with Crippen LogP contribution >= 0.6 is 11.6 Å². The molecule has 0 bridgehead atoms. The van der Waals surface area contributed by atoms with Crippen molar-refractivity contribution >= 4 is 29.4 Å². The van der Waals surface area contributed by atoms with Crippen LogP contribution in [-0.4, -0.2) is 42.4 Å². The van der Waals surface area contributed by atoms with Crippen molar-refractivity contribution in [1.29, 1.82) is 0 Å². The zero-order valence-electron chi connectivity index (χ0n) is 13.5. The van der Waals surface area contributed by atoms with Crippen LogP contribution in [0.4, 0.5) is 0 Å². The fourth-order valence-corrected chi connectivity index (χ4v) is 3.17. The number of rotatable bonds is 6. The van der Waals surface area contributed by atoms with E-state index in [2.05, 4.69) is 0 Å². The molecule has 1 aromatic carbocycles. The Bertz CT molecular complexity index is 674. The van der Waals surface area contributed by atoms with Gasteiger partial charge in [0.1, 0.15) is 25.5 Å². The molecule has 1 heterocycles. The molecule has 2 aliphatic rings. The Hall–Kier alpha value is -2.34. The van der Waals surface area contributed by atoms with Gasteiger partial charge in [0.15, 0.2) is 0 Å². The summed E-state index contributed by atoms with van der Waals surface area (Å²) in [4.78, 5) is 37.4. The molecule has 0 saturated carbocycles. The van der Waals surface area contributed by atoms with Crippen LogP contribution in [0.3, 0.4) is 0 Å². The molecule has 3 rings (SSSR count). The molecule has 0 aromatic heterocycles. The SMILES string of the molecule is O=C(CN1C(=O)C2CC=CCC2C1=O)OCCOc1ccc(Cl)cc1. The van der Waals surface area contributed by atoms with Gasteiger partial charge in [-0.1, -0.05) is 23.8 Å². The highest BCUT2D eigenvalue weighted by molar-refractivity contribution is 6.30. The highest BCUT2D eigenvalue weighted by Gasteiger charge is 2.47. The lowest BCUT2D eigenvalue weighted by atomic mass is 9.85. The minimum absolute atomic E-state index is 0.0338. The highest BCUT2D eigenvalue weighted by Crippen LogP contribution is 2.34. The maximum atomic E-state index is 12.3. The van der Waals surface area contributed by atoms with Crippen molar-refractivity contribution in [3.8, 4) is 5.75 Å². The molecule has 1 saturated heterocycles. The van der Waals surface area contributed by atoms with Crippen molar-refractivity contribution in [3.63, 3.8) is 0 Å². The van der Waals surface area contributed by atoms with E-state index in [9.17, 15) is 14.4 Å². The Kier molecular flexibility index (Phi) is 5.38. The van der Waals surface area contributed by atoms with E-state index in [0.717, 1.165) is 4.90 Å². The van der Waals surface area contributed by atoms with Gasteiger partial charge in [0, 0.05) is 5.02 Å². The molecule has 132 valence electrons. The number of esters is 1. The summed E-state index contributed by atoms with van der Waals surface area (Å²) in [5, 5.41) is 0.606. The van der Waals surface area contributed by atoms with E-state index in [4.69, 9.17) is 21.1 Å². The van der Waals surface area contributed by atoms with E-state index in [-0.39, 0.29) is 43.4 Å². The van der Waals surface area contributed by atoms with Gasteiger partial charge in [0.25, 0.3) is 0 Å². The molecule has 7 heteroatoms. The highest BCUT2D eigenvalue weighted by atomic mass is 35.5. The van der Waals surface area contributed by atoms with Crippen molar-refractivity contribution in [2.45, 2.75) is 12.8 Å². The Morgan fingerprint density at radius 3 is 2.24 bits per heavy atom. The van der Waals surface area contributed by atoms with Gasteiger partial charge in [0.2, 0.25) is 11.8 Å². The maximum absolute atomic E-state index is 12.3. The molecular weight excluding hydrogens is 346 g/mol. The molecule has 2 atom stereocenters. The summed E-state index contributed by atoms with van der Waals surface area (Å²) < 4.78 is 10.5. The van der Waals surface area contributed by atoms with E-state index in [0.29, 0.717) is 23.6 Å². The summed E-state index contributed by atoms with van der Waals surface area (Å²) in [7, 11) is 0. The summed E-state index contributed by atoms with van der Waals surface area (Å²) in [6.45, 7) is -0.137. The number of imide groups is 1. The number of nitrogens with zero attached hydrogens (tertiary/aromatic N) is 1. The van der Waals surface area contributed by atoms with Gasteiger partial charge in [-0.15, -0.1) is 0 Å². The number of carbonyl (C=O) groups is 3. The number of ether oxygens (including phenoxy) is 2. The number of halogens is 1. The molecule has 0 radical (unpaired) electrons. The summed E-state index contributed by atoms with van der Waals surface area (Å²) in [6, 6.07) is 6.81. The standard InChI is InChI=1S/C18H18ClNO5/c19-12-5-7-13(8-6-12)24-9-10-25-16(21)11-20-17(22)14-3-1-2-4-15(14)18(20)23/h1-2,5-8,14-15H,3-4,9-11H2. The maximum Gasteiger partial charge on any atom is 0.326 e. The molecule has 25 heavy (non-hydrogen) atoms. The third kappa shape index (κ3) is 4.02. The summed E-state index contributed by atoms with van der Waals surface area (Å²) >= 11 is 5.78. The first kappa shape index (κ1) is 17.5. The number of hydrogen-bond donors (Lipinski definition) is 0. The molecule has 1 aromatic rings. The molecule has 1 aliphatic heterocycles. The Balaban J connectivity index is 1.42. The molecule has 0 N–H and O–H groups in total. The average molecular weight is 364 g/mol. The lowest BCUT2D eigenvalue weighted by Gasteiger charge is -2.14. The van der Waals surface area contributed by atoms with Gasteiger partial charge in [-0.2, -0.15) is 0 Å². The van der Waals surface area contributed by atoms with Crippen LogP contribution in [0.15, 0.2) is 36.4 Å². The van der Waals surface area contributed by atoms with E-state index >= 15 is 0 Å². The fraction of sp³-hybridized carbons (Fsp3) is 0.389.